The number of nitrogens with zero attached hydrogens (tertiary/aromatic N) is 1. The number of rotatable bonds is 8. The standard InChI is InChI=1S/C23H26N2/c1-25(17-16-20-8-4-2-5-9-20)19-22-12-14-23(15-13-22)24-18-21-10-6-3-7-11-21/h2-15,24H,16-19H2,1H3. The molecular formula is C23H26N2. The molecule has 0 saturated carbocycles. The van der Waals surface area contributed by atoms with Gasteiger partial charge in [0.25, 0.3) is 0 Å². The Morgan fingerprint density at radius 1 is 0.680 bits per heavy atom. The summed E-state index contributed by atoms with van der Waals surface area (Å²) in [4.78, 5) is 2.37. The van der Waals surface area contributed by atoms with E-state index in [4.69, 9.17) is 0 Å². The topological polar surface area (TPSA) is 15.3 Å². The Balaban J connectivity index is 1.45. The van der Waals surface area contributed by atoms with Gasteiger partial charge < -0.3 is 10.2 Å². The number of benzene rings is 3. The van der Waals surface area contributed by atoms with Crippen molar-refractivity contribution < 1.29 is 0 Å². The third-order valence-electron chi connectivity index (χ3n) is 4.37. The van der Waals surface area contributed by atoms with Crippen LogP contribution in [0.2, 0.25) is 0 Å². The first kappa shape index (κ1) is 17.2. The Hall–Kier alpha value is -2.58. The van der Waals surface area contributed by atoms with Gasteiger partial charge in [0, 0.05) is 25.3 Å². The normalized spacial score (nSPS) is 10.8. The summed E-state index contributed by atoms with van der Waals surface area (Å²) in [5.41, 5.74) is 5.21. The molecule has 0 aromatic heterocycles. The highest BCUT2D eigenvalue weighted by molar-refractivity contribution is 5.45. The fourth-order valence-corrected chi connectivity index (χ4v) is 2.88. The molecule has 0 radical (unpaired) electrons. The molecule has 0 bridgehead atoms. The molecule has 2 nitrogen and oxygen atoms in total. The van der Waals surface area contributed by atoms with E-state index in [1.54, 1.807) is 0 Å². The van der Waals surface area contributed by atoms with Crippen molar-refractivity contribution in [3.8, 4) is 0 Å². The molecule has 3 aromatic carbocycles. The smallest absolute Gasteiger partial charge is 0.0400 e. The van der Waals surface area contributed by atoms with Gasteiger partial charge in [-0.3, -0.25) is 0 Å². The van der Waals surface area contributed by atoms with Crippen molar-refractivity contribution >= 4 is 5.69 Å². The number of nitrogens with one attached hydrogen (secondary N) is 1. The molecule has 0 heterocycles. The van der Waals surface area contributed by atoms with Crippen molar-refractivity contribution in [3.05, 3.63) is 102 Å². The average molecular weight is 330 g/mol. The van der Waals surface area contributed by atoms with Crippen LogP contribution in [-0.2, 0) is 19.5 Å². The van der Waals surface area contributed by atoms with Crippen molar-refractivity contribution in [3.63, 3.8) is 0 Å². The van der Waals surface area contributed by atoms with E-state index in [0.29, 0.717) is 0 Å². The molecular weight excluding hydrogens is 304 g/mol. The van der Waals surface area contributed by atoms with Gasteiger partial charge in [-0.05, 0) is 42.3 Å². The number of anilines is 1. The summed E-state index contributed by atoms with van der Waals surface area (Å²) in [6, 6.07) is 29.9. The zero-order valence-electron chi connectivity index (χ0n) is 14.9. The van der Waals surface area contributed by atoms with Gasteiger partial charge in [-0.25, -0.2) is 0 Å². The fourth-order valence-electron chi connectivity index (χ4n) is 2.88. The minimum Gasteiger partial charge on any atom is -0.381 e. The van der Waals surface area contributed by atoms with Gasteiger partial charge in [0.15, 0.2) is 0 Å². The molecule has 0 aliphatic carbocycles. The zero-order chi connectivity index (χ0) is 17.3. The number of likely N-dealkylation sites (N-methyl/N-ethyl adjacent to an activating group) is 1. The largest absolute Gasteiger partial charge is 0.381 e. The highest BCUT2D eigenvalue weighted by atomic mass is 15.1. The number of hydrogen-bond acceptors (Lipinski definition) is 2. The molecule has 0 spiro atoms. The first-order valence-corrected chi connectivity index (χ1v) is 8.89. The van der Waals surface area contributed by atoms with E-state index in [1.165, 1.54) is 22.4 Å². The highest BCUT2D eigenvalue weighted by Crippen LogP contribution is 2.13. The van der Waals surface area contributed by atoms with Crippen LogP contribution in [0, 0.1) is 0 Å². The number of hydrogen-bond donors (Lipinski definition) is 1. The first-order chi connectivity index (χ1) is 12.3. The van der Waals surface area contributed by atoms with Crippen molar-refractivity contribution in [1.82, 2.24) is 4.90 Å². The molecule has 1 N–H and O–H groups in total. The van der Waals surface area contributed by atoms with E-state index in [1.807, 2.05) is 6.07 Å². The van der Waals surface area contributed by atoms with Crippen LogP contribution in [0.15, 0.2) is 84.9 Å². The molecule has 0 unspecified atom stereocenters. The van der Waals surface area contributed by atoms with E-state index in [-0.39, 0.29) is 0 Å². The zero-order valence-corrected chi connectivity index (χ0v) is 14.9. The summed E-state index contributed by atoms with van der Waals surface area (Å²) in [6.45, 7) is 2.90. The maximum absolute atomic E-state index is 3.47. The average Bonchev–Trinajstić information content (AvgIpc) is 2.67. The second kappa shape index (κ2) is 9.05. The van der Waals surface area contributed by atoms with Crippen LogP contribution in [0.25, 0.3) is 0 Å². The Labute approximate surface area is 151 Å². The SMILES string of the molecule is CN(CCc1ccccc1)Cc1ccc(NCc2ccccc2)cc1. The van der Waals surface area contributed by atoms with E-state index in [2.05, 4.69) is 96.1 Å². The lowest BCUT2D eigenvalue weighted by atomic mass is 10.1. The molecule has 0 amide bonds. The summed E-state index contributed by atoms with van der Waals surface area (Å²) in [7, 11) is 2.19. The molecule has 3 rings (SSSR count). The van der Waals surface area contributed by atoms with Crippen LogP contribution in [-0.4, -0.2) is 18.5 Å². The lowest BCUT2D eigenvalue weighted by Gasteiger charge is -2.17. The van der Waals surface area contributed by atoms with Crippen LogP contribution in [0.1, 0.15) is 16.7 Å². The fraction of sp³-hybridized carbons (Fsp3) is 0.217. The summed E-state index contributed by atoms with van der Waals surface area (Å²) in [5, 5.41) is 3.47. The van der Waals surface area contributed by atoms with Crippen LogP contribution >= 0.6 is 0 Å². The van der Waals surface area contributed by atoms with Crippen LogP contribution < -0.4 is 5.32 Å². The molecule has 0 saturated heterocycles. The third kappa shape index (κ3) is 5.77. The van der Waals surface area contributed by atoms with Crippen molar-refractivity contribution in [2.75, 3.05) is 18.9 Å². The summed E-state index contributed by atoms with van der Waals surface area (Å²) < 4.78 is 0. The molecule has 25 heavy (non-hydrogen) atoms. The predicted molar refractivity (Wildman–Crippen MR) is 107 cm³/mol. The van der Waals surface area contributed by atoms with Gasteiger partial charge >= 0.3 is 0 Å². The second-order valence-corrected chi connectivity index (χ2v) is 6.51. The monoisotopic (exact) mass is 330 g/mol. The van der Waals surface area contributed by atoms with Crippen LogP contribution in [0.3, 0.4) is 0 Å². The second-order valence-electron chi connectivity index (χ2n) is 6.51. The van der Waals surface area contributed by atoms with E-state index in [0.717, 1.165) is 26.1 Å². The molecule has 2 heteroatoms. The minimum atomic E-state index is 0.858. The molecule has 3 aromatic rings. The molecule has 0 aliphatic rings. The van der Waals surface area contributed by atoms with Gasteiger partial charge in [-0.1, -0.05) is 72.8 Å². The van der Waals surface area contributed by atoms with Gasteiger partial charge in [0.2, 0.25) is 0 Å². The Bertz CT molecular complexity index is 736. The van der Waals surface area contributed by atoms with Crippen LogP contribution in [0.5, 0.6) is 0 Å². The quantitative estimate of drug-likeness (QED) is 0.627. The van der Waals surface area contributed by atoms with Crippen LogP contribution in [0.4, 0.5) is 5.69 Å². The van der Waals surface area contributed by atoms with Crippen molar-refractivity contribution in [2.24, 2.45) is 0 Å². The van der Waals surface area contributed by atoms with Gasteiger partial charge in [0.1, 0.15) is 0 Å². The summed E-state index contributed by atoms with van der Waals surface area (Å²) in [5.74, 6) is 0. The Kier molecular flexibility index (Phi) is 6.24. The van der Waals surface area contributed by atoms with Crippen molar-refractivity contribution in [2.45, 2.75) is 19.5 Å². The molecule has 0 atom stereocenters. The van der Waals surface area contributed by atoms with E-state index in [9.17, 15) is 0 Å². The van der Waals surface area contributed by atoms with E-state index >= 15 is 0 Å². The van der Waals surface area contributed by atoms with E-state index < -0.39 is 0 Å². The lowest BCUT2D eigenvalue weighted by Crippen LogP contribution is -2.20. The Morgan fingerprint density at radius 3 is 1.92 bits per heavy atom. The highest BCUT2D eigenvalue weighted by Gasteiger charge is 2.02. The minimum absolute atomic E-state index is 0.858. The maximum Gasteiger partial charge on any atom is 0.0400 e. The van der Waals surface area contributed by atoms with Gasteiger partial charge in [-0.15, -0.1) is 0 Å². The molecule has 0 aliphatic heterocycles. The molecule has 128 valence electrons. The predicted octanol–water partition coefficient (Wildman–Crippen LogP) is 4.97. The first-order valence-electron chi connectivity index (χ1n) is 8.89. The molecule has 0 fully saturated rings. The maximum atomic E-state index is 3.47. The summed E-state index contributed by atoms with van der Waals surface area (Å²) >= 11 is 0. The van der Waals surface area contributed by atoms with Gasteiger partial charge in [-0.2, -0.15) is 0 Å². The Morgan fingerprint density at radius 2 is 1.28 bits per heavy atom. The summed E-state index contributed by atoms with van der Waals surface area (Å²) in [6.07, 6.45) is 1.09. The van der Waals surface area contributed by atoms with Crippen molar-refractivity contribution in [1.29, 1.82) is 0 Å². The lowest BCUT2D eigenvalue weighted by molar-refractivity contribution is 0.331. The van der Waals surface area contributed by atoms with Gasteiger partial charge in [0.05, 0.1) is 0 Å². The third-order valence-corrected chi connectivity index (χ3v) is 4.37.